The maximum Gasteiger partial charge on any atom is 0.586 e. The van der Waals surface area contributed by atoms with Crippen LogP contribution in [0, 0.1) is 6.92 Å². The first kappa shape index (κ1) is 14.3. The third kappa shape index (κ3) is 2.59. The molecule has 22 heavy (non-hydrogen) atoms. The van der Waals surface area contributed by atoms with Crippen molar-refractivity contribution in [2.75, 3.05) is 7.11 Å². The minimum Gasteiger partial charge on any atom is -0.464 e. The quantitative estimate of drug-likeness (QED) is 0.814. The number of aryl methyl sites for hydroxylation is 1. The summed E-state index contributed by atoms with van der Waals surface area (Å²) in [5.74, 6) is 0.0374. The second kappa shape index (κ2) is 4.97. The topological polar surface area (TPSA) is 62.6 Å². The molecule has 0 amide bonds. The highest BCUT2D eigenvalue weighted by molar-refractivity contribution is 5.86. The van der Waals surface area contributed by atoms with Crippen LogP contribution in [-0.2, 0) is 11.3 Å². The van der Waals surface area contributed by atoms with E-state index in [-0.39, 0.29) is 17.2 Å². The number of halogens is 2. The van der Waals surface area contributed by atoms with Gasteiger partial charge < -0.3 is 18.8 Å². The van der Waals surface area contributed by atoms with E-state index in [2.05, 4.69) is 19.2 Å². The molecular weight excluding hydrogens is 298 g/mol. The smallest absolute Gasteiger partial charge is 0.464 e. The molecule has 0 atom stereocenters. The molecule has 0 unspecified atom stereocenters. The van der Waals surface area contributed by atoms with E-state index in [1.807, 2.05) is 0 Å². The first-order chi connectivity index (χ1) is 10.4. The van der Waals surface area contributed by atoms with E-state index in [4.69, 9.17) is 0 Å². The summed E-state index contributed by atoms with van der Waals surface area (Å²) in [5, 5.41) is 0. The summed E-state index contributed by atoms with van der Waals surface area (Å²) in [6, 6.07) is 4.52. The summed E-state index contributed by atoms with van der Waals surface area (Å²) < 4.78 is 41.0. The highest BCUT2D eigenvalue weighted by Crippen LogP contribution is 2.41. The standard InChI is InChI=1S/C14H12F2N2O4/c1-8-17-10(13(19)20-2)7-18(8)6-9-3-4-11-12(5-9)22-14(15,16)21-11/h3-5,7H,6H2,1-2H3. The van der Waals surface area contributed by atoms with Gasteiger partial charge in [0, 0.05) is 12.7 Å². The molecule has 6 nitrogen and oxygen atoms in total. The fourth-order valence-corrected chi connectivity index (χ4v) is 2.16. The largest absolute Gasteiger partial charge is 0.586 e. The number of hydrogen-bond donors (Lipinski definition) is 0. The minimum absolute atomic E-state index is 0.00801. The molecular formula is C14H12F2N2O4. The number of alkyl halides is 2. The van der Waals surface area contributed by atoms with Crippen molar-refractivity contribution in [1.82, 2.24) is 9.55 Å². The number of rotatable bonds is 3. The van der Waals surface area contributed by atoms with E-state index in [0.29, 0.717) is 17.9 Å². The summed E-state index contributed by atoms with van der Waals surface area (Å²) >= 11 is 0. The van der Waals surface area contributed by atoms with Crippen LogP contribution in [-0.4, -0.2) is 28.9 Å². The molecule has 0 bridgehead atoms. The van der Waals surface area contributed by atoms with E-state index in [1.165, 1.54) is 19.2 Å². The Bertz CT molecular complexity index is 742. The lowest BCUT2D eigenvalue weighted by atomic mass is 10.2. The zero-order valence-corrected chi connectivity index (χ0v) is 11.8. The Hall–Kier alpha value is -2.64. The maximum atomic E-state index is 13.0. The van der Waals surface area contributed by atoms with Gasteiger partial charge in [0.2, 0.25) is 0 Å². The van der Waals surface area contributed by atoms with Crippen molar-refractivity contribution in [1.29, 1.82) is 0 Å². The number of benzene rings is 1. The first-order valence-electron chi connectivity index (χ1n) is 6.39. The minimum atomic E-state index is -3.63. The van der Waals surface area contributed by atoms with Gasteiger partial charge in [-0.3, -0.25) is 0 Å². The van der Waals surface area contributed by atoms with Gasteiger partial charge in [0.15, 0.2) is 17.2 Å². The summed E-state index contributed by atoms with van der Waals surface area (Å²) in [7, 11) is 1.27. The van der Waals surface area contributed by atoms with Crippen molar-refractivity contribution in [2.24, 2.45) is 0 Å². The first-order valence-corrected chi connectivity index (χ1v) is 6.39. The predicted octanol–water partition coefficient (Wildman–Crippen LogP) is 2.35. The van der Waals surface area contributed by atoms with E-state index in [1.54, 1.807) is 23.8 Å². The number of ether oxygens (including phenoxy) is 3. The molecule has 3 rings (SSSR count). The molecule has 1 aromatic carbocycles. The third-order valence-electron chi connectivity index (χ3n) is 3.19. The fourth-order valence-electron chi connectivity index (χ4n) is 2.16. The SMILES string of the molecule is COC(=O)c1cn(Cc2ccc3c(c2)OC(F)(F)O3)c(C)n1. The Kier molecular flexibility index (Phi) is 3.23. The predicted molar refractivity (Wildman–Crippen MR) is 70.1 cm³/mol. The fraction of sp³-hybridized carbons (Fsp3) is 0.286. The van der Waals surface area contributed by atoms with E-state index >= 15 is 0 Å². The molecule has 8 heteroatoms. The van der Waals surface area contributed by atoms with Gasteiger partial charge in [-0.2, -0.15) is 0 Å². The average molecular weight is 310 g/mol. The second-order valence-corrected chi connectivity index (χ2v) is 4.74. The van der Waals surface area contributed by atoms with Gasteiger partial charge in [0.1, 0.15) is 5.82 Å². The molecule has 1 aliphatic rings. The number of imidazole rings is 1. The lowest BCUT2D eigenvalue weighted by Crippen LogP contribution is -2.25. The molecule has 2 heterocycles. The van der Waals surface area contributed by atoms with Crippen LogP contribution in [0.4, 0.5) is 8.78 Å². The molecule has 1 aliphatic heterocycles. The molecule has 0 saturated carbocycles. The van der Waals surface area contributed by atoms with Crippen molar-refractivity contribution in [2.45, 2.75) is 19.8 Å². The van der Waals surface area contributed by atoms with Crippen LogP contribution >= 0.6 is 0 Å². The van der Waals surface area contributed by atoms with Crippen LogP contribution in [0.1, 0.15) is 21.9 Å². The second-order valence-electron chi connectivity index (χ2n) is 4.74. The van der Waals surface area contributed by atoms with Gasteiger partial charge in [-0.05, 0) is 24.6 Å². The van der Waals surface area contributed by atoms with Crippen LogP contribution in [0.3, 0.4) is 0 Å². The Balaban J connectivity index is 1.83. The Morgan fingerprint density at radius 3 is 2.82 bits per heavy atom. The summed E-state index contributed by atoms with van der Waals surface area (Å²) in [4.78, 5) is 15.5. The van der Waals surface area contributed by atoms with E-state index in [0.717, 1.165) is 0 Å². The summed E-state index contributed by atoms with van der Waals surface area (Å²) in [6.07, 6.45) is -2.09. The van der Waals surface area contributed by atoms with E-state index < -0.39 is 12.3 Å². The highest BCUT2D eigenvalue weighted by Gasteiger charge is 2.43. The molecule has 0 aliphatic carbocycles. The van der Waals surface area contributed by atoms with Crippen LogP contribution in [0.25, 0.3) is 0 Å². The summed E-state index contributed by atoms with van der Waals surface area (Å²) in [6.45, 7) is 2.08. The number of nitrogens with zero attached hydrogens (tertiary/aromatic N) is 2. The average Bonchev–Trinajstić information content (AvgIpc) is 2.96. The van der Waals surface area contributed by atoms with Gasteiger partial charge >= 0.3 is 12.3 Å². The van der Waals surface area contributed by atoms with Gasteiger partial charge in [-0.1, -0.05) is 6.07 Å². The molecule has 0 spiro atoms. The third-order valence-corrected chi connectivity index (χ3v) is 3.19. The normalized spacial score (nSPS) is 14.9. The zero-order chi connectivity index (χ0) is 15.9. The van der Waals surface area contributed by atoms with Gasteiger partial charge in [-0.25, -0.2) is 9.78 Å². The molecule has 0 saturated heterocycles. The van der Waals surface area contributed by atoms with Gasteiger partial charge in [0.25, 0.3) is 0 Å². The highest BCUT2D eigenvalue weighted by atomic mass is 19.3. The van der Waals surface area contributed by atoms with Crippen LogP contribution in [0.15, 0.2) is 24.4 Å². The van der Waals surface area contributed by atoms with Crippen LogP contribution in [0.5, 0.6) is 11.5 Å². The van der Waals surface area contributed by atoms with Crippen molar-refractivity contribution < 1.29 is 27.8 Å². The van der Waals surface area contributed by atoms with Crippen LogP contribution < -0.4 is 9.47 Å². The van der Waals surface area contributed by atoms with Crippen molar-refractivity contribution in [3.8, 4) is 11.5 Å². The molecule has 116 valence electrons. The Morgan fingerprint density at radius 1 is 1.36 bits per heavy atom. The number of fused-ring (bicyclic) bond motifs is 1. The Labute approximate surface area is 124 Å². The summed E-state index contributed by atoms with van der Waals surface area (Å²) in [5.41, 5.74) is 0.893. The lowest BCUT2D eigenvalue weighted by Gasteiger charge is -2.06. The number of esters is 1. The molecule has 1 aromatic heterocycles. The van der Waals surface area contributed by atoms with Gasteiger partial charge in [0.05, 0.1) is 7.11 Å². The number of carbonyl (C=O) groups is 1. The van der Waals surface area contributed by atoms with Crippen molar-refractivity contribution in [3.63, 3.8) is 0 Å². The van der Waals surface area contributed by atoms with Crippen molar-refractivity contribution >= 4 is 5.97 Å². The molecule has 0 radical (unpaired) electrons. The van der Waals surface area contributed by atoms with Crippen LogP contribution in [0.2, 0.25) is 0 Å². The lowest BCUT2D eigenvalue weighted by molar-refractivity contribution is -0.286. The van der Waals surface area contributed by atoms with Crippen molar-refractivity contribution in [3.05, 3.63) is 41.5 Å². The monoisotopic (exact) mass is 310 g/mol. The number of aromatic nitrogens is 2. The number of methoxy groups -OCH3 is 1. The zero-order valence-electron chi connectivity index (χ0n) is 11.8. The Morgan fingerprint density at radius 2 is 2.09 bits per heavy atom. The molecule has 0 N–H and O–H groups in total. The molecule has 0 fully saturated rings. The molecule has 2 aromatic rings. The van der Waals surface area contributed by atoms with E-state index in [9.17, 15) is 13.6 Å². The van der Waals surface area contributed by atoms with Gasteiger partial charge in [-0.15, -0.1) is 8.78 Å². The number of carbonyl (C=O) groups excluding carboxylic acids is 1. The number of hydrogen-bond acceptors (Lipinski definition) is 5. The maximum absolute atomic E-state index is 13.0.